The van der Waals surface area contributed by atoms with E-state index in [2.05, 4.69) is 205 Å². The maximum atomic E-state index is 4.75. The van der Waals surface area contributed by atoms with Gasteiger partial charge in [0.25, 0.3) is 0 Å². The van der Waals surface area contributed by atoms with E-state index in [-0.39, 0.29) is 0 Å². The first-order chi connectivity index (χ1) is 30.8. The van der Waals surface area contributed by atoms with Crippen LogP contribution in [0, 0.1) is 0 Å². The van der Waals surface area contributed by atoms with Crippen molar-refractivity contribution in [2.24, 2.45) is 0 Å². The lowest BCUT2D eigenvalue weighted by atomic mass is 9.70. The second-order valence-electron chi connectivity index (χ2n) is 16.8. The molecular weight excluding hydrogens is 751 g/mol. The molecule has 0 radical (unpaired) electrons. The lowest BCUT2D eigenvalue weighted by Crippen LogP contribution is -2.26. The molecule has 1 spiro atoms. The minimum absolute atomic E-state index is 0.392. The van der Waals surface area contributed by atoms with Crippen LogP contribution >= 0.6 is 0 Å². The minimum Gasteiger partial charge on any atom is -0.309 e. The van der Waals surface area contributed by atoms with Crippen molar-refractivity contribution in [3.8, 4) is 50.2 Å². The molecule has 3 nitrogen and oxygen atoms in total. The van der Waals surface area contributed by atoms with Crippen molar-refractivity contribution in [3.05, 3.63) is 235 Å². The van der Waals surface area contributed by atoms with Crippen LogP contribution in [0.25, 0.3) is 105 Å². The van der Waals surface area contributed by atoms with Crippen LogP contribution in [0.5, 0.6) is 0 Å². The van der Waals surface area contributed by atoms with Crippen molar-refractivity contribution in [1.29, 1.82) is 0 Å². The van der Waals surface area contributed by atoms with Crippen LogP contribution in [0.3, 0.4) is 0 Å². The van der Waals surface area contributed by atoms with Crippen molar-refractivity contribution in [2.75, 3.05) is 0 Å². The quantitative estimate of drug-likeness (QED) is 0.167. The van der Waals surface area contributed by atoms with Gasteiger partial charge in [-0.2, -0.15) is 0 Å². The molecule has 0 fully saturated rings. The number of hydrogen-bond donors (Lipinski definition) is 0. The van der Waals surface area contributed by atoms with Crippen LogP contribution < -0.4 is 0 Å². The van der Waals surface area contributed by atoms with Crippen molar-refractivity contribution in [1.82, 2.24) is 14.5 Å². The lowest BCUT2D eigenvalue weighted by Gasteiger charge is -2.30. The first-order valence-electron chi connectivity index (χ1n) is 21.4. The normalized spacial score (nSPS) is 13.3. The summed E-state index contributed by atoms with van der Waals surface area (Å²) in [6, 6.07) is 74.4. The summed E-state index contributed by atoms with van der Waals surface area (Å²) in [5, 5.41) is 7.13. The van der Waals surface area contributed by atoms with E-state index < -0.39 is 5.41 Å². The zero-order chi connectivity index (χ0) is 40.5. The maximum absolute atomic E-state index is 4.75. The lowest BCUT2D eigenvalue weighted by molar-refractivity contribution is 0.792. The molecule has 12 aromatic rings. The number of fused-ring (bicyclic) bond motifs is 19. The van der Waals surface area contributed by atoms with E-state index in [1.165, 1.54) is 105 Å². The van der Waals surface area contributed by atoms with Crippen molar-refractivity contribution < 1.29 is 0 Å². The van der Waals surface area contributed by atoms with Gasteiger partial charge >= 0.3 is 0 Å². The number of aromatic nitrogens is 3. The second-order valence-corrected chi connectivity index (χ2v) is 16.8. The molecule has 0 aliphatic heterocycles. The predicted octanol–water partition coefficient (Wildman–Crippen LogP) is 14.7. The highest BCUT2D eigenvalue weighted by Gasteiger charge is 2.51. The van der Waals surface area contributed by atoms with Gasteiger partial charge < -0.3 is 4.57 Å². The van der Waals surface area contributed by atoms with E-state index in [4.69, 9.17) is 9.97 Å². The van der Waals surface area contributed by atoms with Gasteiger partial charge in [-0.05, 0) is 114 Å². The highest BCUT2D eigenvalue weighted by molar-refractivity contribution is 6.23. The molecule has 286 valence electrons. The molecule has 10 aromatic carbocycles. The van der Waals surface area contributed by atoms with Gasteiger partial charge in [0.05, 0.1) is 27.5 Å². The van der Waals surface area contributed by atoms with Crippen molar-refractivity contribution in [3.63, 3.8) is 0 Å². The molecule has 2 aromatic heterocycles. The summed E-state index contributed by atoms with van der Waals surface area (Å²) < 4.78 is 2.47. The Morgan fingerprint density at radius 2 is 0.774 bits per heavy atom. The Kier molecular flexibility index (Phi) is 6.76. The molecule has 0 bridgehead atoms. The SMILES string of the molecule is c1ccc2c(c1)-c1ccccc1C21c2ccccc2-c2ccc(-n3c4ccccc4c4cc(-c5ccc(-c6ccc7c(c6)c6ccccc6c6nccnc76)cc5)ccc43)cc21. The number of rotatable bonds is 3. The molecule has 14 rings (SSSR count). The van der Waals surface area contributed by atoms with Gasteiger partial charge in [0.2, 0.25) is 0 Å². The van der Waals surface area contributed by atoms with Gasteiger partial charge in [-0.25, -0.2) is 0 Å². The Morgan fingerprint density at radius 3 is 1.42 bits per heavy atom. The Balaban J connectivity index is 0.895. The highest BCUT2D eigenvalue weighted by Crippen LogP contribution is 2.63. The fourth-order valence-electron chi connectivity index (χ4n) is 11.3. The zero-order valence-electron chi connectivity index (χ0n) is 33.5. The van der Waals surface area contributed by atoms with Gasteiger partial charge in [-0.3, -0.25) is 9.97 Å². The van der Waals surface area contributed by atoms with E-state index in [9.17, 15) is 0 Å². The Bertz CT molecular complexity index is 3770. The van der Waals surface area contributed by atoms with Crippen LogP contribution in [0.2, 0.25) is 0 Å². The third-order valence-corrected chi connectivity index (χ3v) is 13.9. The number of nitrogens with zero attached hydrogens (tertiary/aromatic N) is 3. The number of hydrogen-bond acceptors (Lipinski definition) is 2. The first kappa shape index (κ1) is 33.7. The molecule has 0 unspecified atom stereocenters. The molecule has 2 aliphatic carbocycles. The average Bonchev–Trinajstić information content (AvgIpc) is 3.95. The molecule has 0 atom stereocenters. The summed E-state index contributed by atoms with van der Waals surface area (Å²) in [6.07, 6.45) is 3.57. The molecule has 3 heteroatoms. The van der Waals surface area contributed by atoms with Gasteiger partial charge in [0.1, 0.15) is 0 Å². The Labute approximate surface area is 357 Å². The van der Waals surface area contributed by atoms with Crippen LogP contribution in [0.1, 0.15) is 22.3 Å². The molecule has 2 aliphatic rings. The minimum atomic E-state index is -0.392. The summed E-state index contributed by atoms with van der Waals surface area (Å²) in [5.41, 5.74) is 20.5. The summed E-state index contributed by atoms with van der Waals surface area (Å²) in [6.45, 7) is 0. The van der Waals surface area contributed by atoms with Crippen LogP contribution in [0.15, 0.2) is 213 Å². The number of benzene rings is 10. The van der Waals surface area contributed by atoms with Gasteiger partial charge in [0, 0.05) is 39.6 Å². The zero-order valence-corrected chi connectivity index (χ0v) is 33.5. The third kappa shape index (κ3) is 4.39. The van der Waals surface area contributed by atoms with E-state index in [1.807, 2.05) is 0 Å². The van der Waals surface area contributed by atoms with Crippen molar-refractivity contribution in [2.45, 2.75) is 5.41 Å². The largest absolute Gasteiger partial charge is 0.309 e. The molecule has 62 heavy (non-hydrogen) atoms. The third-order valence-electron chi connectivity index (χ3n) is 13.9. The molecule has 0 saturated heterocycles. The van der Waals surface area contributed by atoms with Crippen LogP contribution in [-0.2, 0) is 5.41 Å². The summed E-state index contributed by atoms with van der Waals surface area (Å²) in [7, 11) is 0. The van der Waals surface area contributed by atoms with Crippen LogP contribution in [0.4, 0.5) is 0 Å². The van der Waals surface area contributed by atoms with Gasteiger partial charge in [0.15, 0.2) is 0 Å². The smallest absolute Gasteiger partial charge is 0.0971 e. The van der Waals surface area contributed by atoms with Gasteiger partial charge in [-0.15, -0.1) is 0 Å². The molecule has 0 saturated carbocycles. The fourth-order valence-corrected chi connectivity index (χ4v) is 11.3. The monoisotopic (exact) mass is 785 g/mol. The van der Waals surface area contributed by atoms with E-state index in [0.717, 1.165) is 21.8 Å². The fraction of sp³-hybridized carbons (Fsp3) is 0.0169. The van der Waals surface area contributed by atoms with E-state index in [1.54, 1.807) is 12.4 Å². The van der Waals surface area contributed by atoms with E-state index >= 15 is 0 Å². The topological polar surface area (TPSA) is 30.7 Å². The Hall–Kier alpha value is -8.14. The van der Waals surface area contributed by atoms with Gasteiger partial charge in [-0.1, -0.05) is 164 Å². The number of para-hydroxylation sites is 1. The van der Waals surface area contributed by atoms with Crippen molar-refractivity contribution >= 4 is 54.4 Å². The second kappa shape index (κ2) is 12.4. The molecule has 0 N–H and O–H groups in total. The highest BCUT2D eigenvalue weighted by atomic mass is 15.0. The van der Waals surface area contributed by atoms with E-state index in [0.29, 0.717) is 0 Å². The molecule has 2 heterocycles. The first-order valence-corrected chi connectivity index (χ1v) is 21.4. The Morgan fingerprint density at radius 1 is 0.306 bits per heavy atom. The maximum Gasteiger partial charge on any atom is 0.0971 e. The van der Waals surface area contributed by atoms with Crippen LogP contribution in [-0.4, -0.2) is 14.5 Å². The standard InChI is InChI=1S/C59H35N3/c1-2-16-47-41(11-1)49-33-38(25-28-48(49)58-57(47)60-31-32-61-58)36-21-23-37(24-22-36)39-26-30-56-50(34-39)46-15-6-10-20-55(46)62(56)40-27-29-45-44-14-5-9-19-53(44)59(54(45)35-40)51-17-7-3-12-42(51)43-13-4-8-18-52(43)59/h1-35H. The summed E-state index contributed by atoms with van der Waals surface area (Å²) >= 11 is 0. The molecular formula is C59H35N3. The summed E-state index contributed by atoms with van der Waals surface area (Å²) in [4.78, 5) is 9.47. The molecule has 0 amide bonds. The average molecular weight is 786 g/mol. The summed E-state index contributed by atoms with van der Waals surface area (Å²) in [5.74, 6) is 0. The predicted molar refractivity (Wildman–Crippen MR) is 256 cm³/mol.